The number of imide groups is 1. The summed E-state index contributed by atoms with van der Waals surface area (Å²) in [7, 11) is 0. The number of fused-ring (bicyclic) bond motifs is 1. The molecule has 1 atom stereocenters. The van der Waals surface area contributed by atoms with Crippen molar-refractivity contribution in [3.8, 4) is 28.6 Å². The molecule has 15 heteroatoms. The van der Waals surface area contributed by atoms with Crippen molar-refractivity contribution in [3.63, 3.8) is 0 Å². The van der Waals surface area contributed by atoms with Crippen LogP contribution in [0.3, 0.4) is 0 Å². The van der Waals surface area contributed by atoms with Gasteiger partial charge in [0, 0.05) is 60.8 Å². The number of anilines is 2. The maximum Gasteiger partial charge on any atom is 0.249 e. The number of piperidine rings is 3. The minimum atomic E-state index is -0.374. The van der Waals surface area contributed by atoms with Gasteiger partial charge in [-0.2, -0.15) is 15.5 Å². The van der Waals surface area contributed by atoms with Crippen molar-refractivity contribution in [2.75, 3.05) is 36.4 Å². The molecule has 5 fully saturated rings. The summed E-state index contributed by atoms with van der Waals surface area (Å²) in [5.41, 5.74) is 6.13. The predicted molar refractivity (Wildman–Crippen MR) is 243 cm³/mol. The van der Waals surface area contributed by atoms with Gasteiger partial charge in [0.1, 0.15) is 29.0 Å². The number of nitrogens with one attached hydrogen (secondary N) is 3. The first-order valence-corrected chi connectivity index (χ1v) is 23.6. The molecule has 332 valence electrons. The van der Waals surface area contributed by atoms with Crippen LogP contribution >= 0.6 is 0 Å². The topological polar surface area (TPSA) is 178 Å². The number of benzene rings is 1. The van der Waals surface area contributed by atoms with Gasteiger partial charge in [0.25, 0.3) is 0 Å². The van der Waals surface area contributed by atoms with E-state index in [1.54, 1.807) is 10.7 Å². The fourth-order valence-electron chi connectivity index (χ4n) is 10.8. The van der Waals surface area contributed by atoms with Crippen molar-refractivity contribution in [1.82, 2.24) is 44.9 Å². The molecule has 3 amide bonds. The number of carbonyl (C=O) groups excluding carboxylic acids is 3. The molecular formula is C49H58N12O3. The van der Waals surface area contributed by atoms with Crippen LogP contribution in [0.1, 0.15) is 120 Å². The molecule has 0 unspecified atom stereocenters. The van der Waals surface area contributed by atoms with Crippen molar-refractivity contribution in [2.45, 2.75) is 127 Å². The number of carbonyl (C=O) groups is 3. The molecular weight excluding hydrogens is 805 g/mol. The number of nitriles is 1. The van der Waals surface area contributed by atoms with E-state index in [-0.39, 0.29) is 29.2 Å². The summed E-state index contributed by atoms with van der Waals surface area (Å²) in [6, 6.07) is 15.7. The average Bonchev–Trinajstić information content (AvgIpc) is 4.00. The molecule has 5 aromatic rings. The largest absolute Gasteiger partial charge is 0.374 e. The Bertz CT molecular complexity index is 2530. The van der Waals surface area contributed by atoms with Gasteiger partial charge in [-0.3, -0.25) is 24.4 Å². The van der Waals surface area contributed by atoms with E-state index < -0.39 is 0 Å². The van der Waals surface area contributed by atoms with Gasteiger partial charge in [0.05, 0.1) is 41.4 Å². The highest BCUT2D eigenvalue weighted by atomic mass is 16.2. The van der Waals surface area contributed by atoms with Crippen LogP contribution in [0, 0.1) is 16.7 Å². The number of amides is 3. The lowest BCUT2D eigenvalue weighted by molar-refractivity contribution is -0.134. The van der Waals surface area contributed by atoms with E-state index in [2.05, 4.69) is 79.0 Å². The maximum absolute atomic E-state index is 13.3. The molecule has 0 bridgehead atoms. The molecule has 4 aromatic heterocycles. The second kappa shape index (κ2) is 17.8. The second-order valence-corrected chi connectivity index (χ2v) is 18.8. The van der Waals surface area contributed by atoms with Gasteiger partial charge in [-0.25, -0.2) is 14.5 Å². The number of aromatic nitrogens is 6. The summed E-state index contributed by atoms with van der Waals surface area (Å²) in [6.45, 7) is 5.87. The highest BCUT2D eigenvalue weighted by Crippen LogP contribution is 2.39. The van der Waals surface area contributed by atoms with Crippen LogP contribution < -0.4 is 20.9 Å². The average molecular weight is 863 g/mol. The van der Waals surface area contributed by atoms with Crippen molar-refractivity contribution < 1.29 is 14.4 Å². The predicted octanol–water partition coefficient (Wildman–Crippen LogP) is 6.77. The third kappa shape index (κ3) is 8.35. The lowest BCUT2D eigenvalue weighted by atomic mass is 9.74. The maximum atomic E-state index is 13.3. The van der Waals surface area contributed by atoms with Crippen LogP contribution in [0.4, 0.5) is 11.5 Å². The summed E-state index contributed by atoms with van der Waals surface area (Å²) in [5.74, 6) is 1.17. The molecule has 3 aliphatic heterocycles. The van der Waals surface area contributed by atoms with Crippen LogP contribution in [-0.2, 0) is 14.4 Å². The van der Waals surface area contributed by atoms with Crippen LogP contribution in [0.2, 0.25) is 0 Å². The first-order valence-electron chi connectivity index (χ1n) is 23.6. The van der Waals surface area contributed by atoms with Crippen LogP contribution in [0.5, 0.6) is 0 Å². The molecule has 2 saturated carbocycles. The molecule has 3 saturated heterocycles. The number of hydrogen-bond donors (Lipinski definition) is 3. The fraction of sp³-hybridized carbons (Fsp3) is 0.510. The van der Waals surface area contributed by atoms with Crippen molar-refractivity contribution in [2.24, 2.45) is 5.41 Å². The van der Waals surface area contributed by atoms with E-state index >= 15 is 0 Å². The summed E-state index contributed by atoms with van der Waals surface area (Å²) in [4.78, 5) is 52.0. The van der Waals surface area contributed by atoms with Crippen molar-refractivity contribution in [3.05, 3.63) is 78.5 Å². The molecule has 2 aliphatic carbocycles. The number of pyridine rings is 1. The number of rotatable bonds is 11. The standard InChI is InChI=1S/C49H58N12O3/c1-2-49(48(64)55-37-4-3-5-37)20-24-59(25-21-49)43-16-8-34(27-51-43)45-46-35(26-50)28-53-61(46)31-42(56-45)36-29-52-60(30-36)40-13-11-39(12-14-40)58-22-18-33(19-23-58)32-6-9-38(10-7-32)54-41-15-17-44(62)57-47(41)63/h6-10,16,27-31,33,37,39-41,54H,2-5,11-15,17-25H2,1H3,(H,55,64)(H,57,62,63)/t39-,40-,41-/m1/s1. The summed E-state index contributed by atoms with van der Waals surface area (Å²) in [6.07, 6.45) is 22.7. The SMILES string of the molecule is CCC1(C(=O)NC2CCC2)CCN(c2ccc(-c3nc(-c4cnn([C@H]5CC[C@H](N6CCC(c7ccc(N[C@@H]8CCC(=O)NC8=O)cc7)CC6)CC5)c4)cn4ncc(C#N)c34)cn2)CC1. The van der Waals surface area contributed by atoms with E-state index in [0.717, 1.165) is 125 Å². The van der Waals surface area contributed by atoms with Crippen molar-refractivity contribution in [1.29, 1.82) is 5.26 Å². The minimum Gasteiger partial charge on any atom is -0.374 e. The Morgan fingerprint density at radius 2 is 1.62 bits per heavy atom. The van der Waals surface area contributed by atoms with Gasteiger partial charge in [0.2, 0.25) is 17.7 Å². The molecule has 3 N–H and O–H groups in total. The van der Waals surface area contributed by atoms with Crippen molar-refractivity contribution >= 4 is 34.7 Å². The first-order chi connectivity index (χ1) is 31.3. The van der Waals surface area contributed by atoms with Crippen LogP contribution in [-0.4, -0.2) is 96.3 Å². The quantitative estimate of drug-likeness (QED) is 0.119. The van der Waals surface area contributed by atoms with Gasteiger partial charge in [-0.05, 0) is 132 Å². The van der Waals surface area contributed by atoms with Crippen LogP contribution in [0.15, 0.2) is 67.4 Å². The molecule has 15 nitrogen and oxygen atoms in total. The minimum absolute atomic E-state index is 0.201. The number of hydrogen-bond acceptors (Lipinski definition) is 11. The zero-order valence-corrected chi connectivity index (χ0v) is 36.7. The fourth-order valence-corrected chi connectivity index (χ4v) is 10.8. The summed E-state index contributed by atoms with van der Waals surface area (Å²) < 4.78 is 3.86. The molecule has 0 spiro atoms. The Balaban J connectivity index is 0.752. The Morgan fingerprint density at radius 1 is 0.859 bits per heavy atom. The number of likely N-dealkylation sites (tertiary alicyclic amines) is 1. The Labute approximate surface area is 374 Å². The Hall–Kier alpha value is -6.14. The third-order valence-corrected chi connectivity index (χ3v) is 15.2. The number of nitrogens with zero attached hydrogens (tertiary/aromatic N) is 9. The molecule has 7 heterocycles. The lowest BCUT2D eigenvalue weighted by Gasteiger charge is -2.42. The Morgan fingerprint density at radius 3 is 2.30 bits per heavy atom. The molecule has 10 rings (SSSR count). The van der Waals surface area contributed by atoms with E-state index in [4.69, 9.17) is 15.1 Å². The molecule has 0 radical (unpaired) electrons. The van der Waals surface area contributed by atoms with E-state index in [1.165, 1.54) is 12.0 Å². The summed E-state index contributed by atoms with van der Waals surface area (Å²) >= 11 is 0. The van der Waals surface area contributed by atoms with Gasteiger partial charge in [-0.1, -0.05) is 19.1 Å². The van der Waals surface area contributed by atoms with Gasteiger partial charge in [0.15, 0.2) is 0 Å². The zero-order chi connectivity index (χ0) is 43.8. The van der Waals surface area contributed by atoms with Gasteiger partial charge in [-0.15, -0.1) is 0 Å². The van der Waals surface area contributed by atoms with E-state index in [1.807, 2.05) is 30.7 Å². The monoisotopic (exact) mass is 862 g/mol. The molecule has 1 aromatic carbocycles. The zero-order valence-electron chi connectivity index (χ0n) is 36.7. The smallest absolute Gasteiger partial charge is 0.249 e. The highest BCUT2D eigenvalue weighted by Gasteiger charge is 2.41. The Kier molecular flexibility index (Phi) is 11.6. The third-order valence-electron chi connectivity index (χ3n) is 15.2. The normalized spacial score (nSPS) is 23.3. The van der Waals surface area contributed by atoms with Gasteiger partial charge < -0.3 is 20.4 Å². The summed E-state index contributed by atoms with van der Waals surface area (Å²) in [5, 5.41) is 28.4. The second-order valence-electron chi connectivity index (χ2n) is 18.8. The first kappa shape index (κ1) is 41.8. The van der Waals surface area contributed by atoms with Crippen LogP contribution in [0.25, 0.3) is 28.0 Å². The molecule has 5 aliphatic rings. The van der Waals surface area contributed by atoms with E-state index in [0.29, 0.717) is 53.7 Å². The van der Waals surface area contributed by atoms with Gasteiger partial charge >= 0.3 is 0 Å². The highest BCUT2D eigenvalue weighted by molar-refractivity contribution is 6.01. The van der Waals surface area contributed by atoms with E-state index in [9.17, 15) is 19.6 Å². The molecule has 64 heavy (non-hydrogen) atoms. The lowest BCUT2D eigenvalue weighted by Crippen LogP contribution is -2.52.